The smallest absolute Gasteiger partial charge is 0.244 e. The maximum atomic E-state index is 11.7. The molecule has 1 aromatic carbocycles. The van der Waals surface area contributed by atoms with E-state index in [2.05, 4.69) is 10.0 Å². The van der Waals surface area contributed by atoms with Crippen LogP contribution in [-0.4, -0.2) is 33.2 Å². The Kier molecular flexibility index (Phi) is 6.87. The van der Waals surface area contributed by atoms with E-state index in [1.807, 2.05) is 18.2 Å². The van der Waals surface area contributed by atoms with Crippen molar-refractivity contribution in [2.45, 2.75) is 13.8 Å². The van der Waals surface area contributed by atoms with Crippen molar-refractivity contribution < 1.29 is 13.2 Å². The molecule has 1 amide bonds. The Morgan fingerprint density at radius 2 is 1.95 bits per heavy atom. The molecule has 0 fully saturated rings. The van der Waals surface area contributed by atoms with E-state index in [1.54, 1.807) is 19.9 Å². The lowest BCUT2D eigenvalue weighted by molar-refractivity contribution is -0.116. The van der Waals surface area contributed by atoms with Crippen molar-refractivity contribution in [3.8, 4) is 0 Å². The first-order valence-electron chi connectivity index (χ1n) is 6.54. The van der Waals surface area contributed by atoms with Crippen LogP contribution in [0.2, 0.25) is 5.02 Å². The molecule has 0 heterocycles. The fourth-order valence-electron chi connectivity index (χ4n) is 1.60. The van der Waals surface area contributed by atoms with Crippen molar-refractivity contribution in [3.05, 3.63) is 40.9 Å². The molecule has 7 heteroatoms. The molecule has 116 valence electrons. The van der Waals surface area contributed by atoms with E-state index in [0.717, 1.165) is 11.1 Å². The van der Waals surface area contributed by atoms with Crippen molar-refractivity contribution in [2.24, 2.45) is 0 Å². The Morgan fingerprint density at radius 3 is 2.57 bits per heavy atom. The fraction of sp³-hybridized carbons (Fsp3) is 0.357. The Bertz CT molecular complexity index is 627. The minimum absolute atomic E-state index is 0.0203. The maximum absolute atomic E-state index is 11.7. The van der Waals surface area contributed by atoms with Crippen LogP contribution in [0.5, 0.6) is 0 Å². The number of sulfonamides is 1. The first-order chi connectivity index (χ1) is 9.85. The number of halogens is 1. The lowest BCUT2D eigenvalue weighted by Crippen LogP contribution is -2.34. The first-order valence-corrected chi connectivity index (χ1v) is 8.57. The molecule has 1 aromatic rings. The van der Waals surface area contributed by atoms with Crippen LogP contribution >= 0.6 is 11.6 Å². The third-order valence-corrected chi connectivity index (χ3v) is 4.51. The van der Waals surface area contributed by atoms with Crippen molar-refractivity contribution >= 4 is 33.1 Å². The van der Waals surface area contributed by atoms with E-state index in [0.29, 0.717) is 5.02 Å². The predicted octanol–water partition coefficient (Wildman–Crippen LogP) is 1.80. The SMILES string of the molecule is CCS(=O)(=O)NCCNC(=O)C=C(C)c1ccccc1Cl. The summed E-state index contributed by atoms with van der Waals surface area (Å²) in [5, 5.41) is 3.19. The molecule has 1 rings (SSSR count). The van der Waals surface area contributed by atoms with Crippen LogP contribution in [0, 0.1) is 0 Å². The van der Waals surface area contributed by atoms with Gasteiger partial charge in [0.2, 0.25) is 15.9 Å². The average Bonchev–Trinajstić information content (AvgIpc) is 2.44. The van der Waals surface area contributed by atoms with Crippen LogP contribution in [0.15, 0.2) is 30.3 Å². The van der Waals surface area contributed by atoms with Gasteiger partial charge in [0, 0.05) is 24.2 Å². The van der Waals surface area contributed by atoms with Crippen LogP contribution in [0.1, 0.15) is 19.4 Å². The summed E-state index contributed by atoms with van der Waals surface area (Å²) in [6.07, 6.45) is 1.44. The van der Waals surface area contributed by atoms with Crippen LogP contribution in [0.4, 0.5) is 0 Å². The molecule has 21 heavy (non-hydrogen) atoms. The number of amides is 1. The summed E-state index contributed by atoms with van der Waals surface area (Å²) in [6.45, 7) is 3.74. The van der Waals surface area contributed by atoms with E-state index >= 15 is 0 Å². The monoisotopic (exact) mass is 330 g/mol. The minimum Gasteiger partial charge on any atom is -0.351 e. The molecule has 5 nitrogen and oxygen atoms in total. The molecule has 0 saturated heterocycles. The largest absolute Gasteiger partial charge is 0.351 e. The Morgan fingerprint density at radius 1 is 1.29 bits per heavy atom. The second-order valence-electron chi connectivity index (χ2n) is 4.40. The number of benzene rings is 1. The van der Waals surface area contributed by atoms with Crippen LogP contribution in [0.3, 0.4) is 0 Å². The van der Waals surface area contributed by atoms with Crippen LogP contribution < -0.4 is 10.0 Å². The summed E-state index contributed by atoms with van der Waals surface area (Å²) < 4.78 is 24.8. The standard InChI is InChI=1S/C14H19ClN2O3S/c1-3-21(19,20)17-9-8-16-14(18)10-11(2)12-6-4-5-7-13(12)15/h4-7,10,17H,3,8-9H2,1-2H3,(H,16,18). The van der Waals surface area contributed by atoms with Crippen molar-refractivity contribution in [1.82, 2.24) is 10.0 Å². The molecule has 0 bridgehead atoms. The molecule has 0 radical (unpaired) electrons. The van der Waals surface area contributed by atoms with Gasteiger partial charge >= 0.3 is 0 Å². The fourth-order valence-corrected chi connectivity index (χ4v) is 2.50. The zero-order valence-corrected chi connectivity index (χ0v) is 13.6. The Labute approximate surface area is 130 Å². The average molecular weight is 331 g/mol. The second-order valence-corrected chi connectivity index (χ2v) is 6.90. The molecule has 2 N–H and O–H groups in total. The summed E-state index contributed by atoms with van der Waals surface area (Å²) in [6, 6.07) is 7.25. The van der Waals surface area contributed by atoms with Crippen molar-refractivity contribution in [1.29, 1.82) is 0 Å². The maximum Gasteiger partial charge on any atom is 0.244 e. The van der Waals surface area contributed by atoms with E-state index in [-0.39, 0.29) is 24.7 Å². The molecule has 0 aliphatic heterocycles. The molecule has 0 aromatic heterocycles. The number of carbonyl (C=O) groups is 1. The highest BCUT2D eigenvalue weighted by atomic mass is 35.5. The quantitative estimate of drug-likeness (QED) is 0.591. The zero-order valence-electron chi connectivity index (χ0n) is 12.0. The van der Waals surface area contributed by atoms with Crippen molar-refractivity contribution in [3.63, 3.8) is 0 Å². The molecule has 0 aliphatic rings. The molecular formula is C14H19ClN2O3S. The van der Waals surface area contributed by atoms with Gasteiger partial charge in [-0.1, -0.05) is 29.8 Å². The summed E-state index contributed by atoms with van der Waals surface area (Å²) in [5.74, 6) is -0.268. The van der Waals surface area contributed by atoms with E-state index < -0.39 is 10.0 Å². The van der Waals surface area contributed by atoms with Gasteiger partial charge in [0.25, 0.3) is 0 Å². The number of nitrogens with one attached hydrogen (secondary N) is 2. The Hall–Kier alpha value is -1.37. The lowest BCUT2D eigenvalue weighted by atomic mass is 10.1. The van der Waals surface area contributed by atoms with Gasteiger partial charge in [-0.15, -0.1) is 0 Å². The minimum atomic E-state index is -3.22. The van der Waals surface area contributed by atoms with Gasteiger partial charge in [0.15, 0.2) is 0 Å². The van der Waals surface area contributed by atoms with Crippen molar-refractivity contribution in [2.75, 3.05) is 18.8 Å². The summed E-state index contributed by atoms with van der Waals surface area (Å²) >= 11 is 6.05. The van der Waals surface area contributed by atoms with Gasteiger partial charge in [-0.3, -0.25) is 4.79 Å². The van der Waals surface area contributed by atoms with E-state index in [4.69, 9.17) is 11.6 Å². The van der Waals surface area contributed by atoms with Gasteiger partial charge in [-0.25, -0.2) is 13.1 Å². The number of hydrogen-bond acceptors (Lipinski definition) is 3. The summed E-state index contributed by atoms with van der Waals surface area (Å²) in [5.41, 5.74) is 1.54. The first kappa shape index (κ1) is 17.7. The summed E-state index contributed by atoms with van der Waals surface area (Å²) in [7, 11) is -3.22. The summed E-state index contributed by atoms with van der Waals surface area (Å²) in [4.78, 5) is 11.7. The highest BCUT2D eigenvalue weighted by Gasteiger charge is 2.06. The van der Waals surface area contributed by atoms with E-state index in [1.165, 1.54) is 6.08 Å². The van der Waals surface area contributed by atoms with Gasteiger partial charge < -0.3 is 5.32 Å². The van der Waals surface area contributed by atoms with Gasteiger partial charge in [-0.2, -0.15) is 0 Å². The zero-order chi connectivity index (χ0) is 15.9. The lowest BCUT2D eigenvalue weighted by Gasteiger charge is -2.06. The third kappa shape index (κ3) is 6.29. The molecule has 0 unspecified atom stereocenters. The highest BCUT2D eigenvalue weighted by molar-refractivity contribution is 7.89. The molecule has 0 saturated carbocycles. The van der Waals surface area contributed by atoms with Gasteiger partial charge in [0.1, 0.15) is 0 Å². The van der Waals surface area contributed by atoms with Gasteiger partial charge in [0.05, 0.1) is 5.75 Å². The predicted molar refractivity (Wildman–Crippen MR) is 85.6 cm³/mol. The topological polar surface area (TPSA) is 75.3 Å². The molecule has 0 aliphatic carbocycles. The van der Waals surface area contributed by atoms with E-state index in [9.17, 15) is 13.2 Å². The van der Waals surface area contributed by atoms with Crippen LogP contribution in [0.25, 0.3) is 5.57 Å². The number of carbonyl (C=O) groups excluding carboxylic acids is 1. The highest BCUT2D eigenvalue weighted by Crippen LogP contribution is 2.22. The molecule has 0 atom stereocenters. The number of rotatable bonds is 7. The van der Waals surface area contributed by atoms with Gasteiger partial charge in [-0.05, 0) is 31.1 Å². The Balaban J connectivity index is 2.50. The number of hydrogen-bond donors (Lipinski definition) is 2. The second kappa shape index (κ2) is 8.17. The van der Waals surface area contributed by atoms with Crippen LogP contribution in [-0.2, 0) is 14.8 Å². The normalized spacial score (nSPS) is 12.2. The molecular weight excluding hydrogens is 312 g/mol. The number of allylic oxidation sites excluding steroid dienone is 1. The third-order valence-electron chi connectivity index (χ3n) is 2.77. The molecule has 0 spiro atoms.